The Bertz CT molecular complexity index is 2090. The van der Waals surface area contributed by atoms with E-state index in [1.807, 2.05) is 72.8 Å². The van der Waals surface area contributed by atoms with E-state index >= 15 is 4.79 Å². The number of fused-ring (bicyclic) bond motifs is 4. The van der Waals surface area contributed by atoms with Crippen LogP contribution in [0.1, 0.15) is 35.4 Å². The molecule has 49 heavy (non-hydrogen) atoms. The van der Waals surface area contributed by atoms with E-state index in [0.29, 0.717) is 34.4 Å². The highest BCUT2D eigenvalue weighted by molar-refractivity contribution is 9.10. The molecule has 4 aromatic carbocycles. The van der Waals surface area contributed by atoms with Gasteiger partial charge in [0.15, 0.2) is 23.1 Å². The number of methoxy groups -OCH3 is 1. The van der Waals surface area contributed by atoms with Crippen LogP contribution in [0.2, 0.25) is 0 Å². The van der Waals surface area contributed by atoms with Gasteiger partial charge in [0.2, 0.25) is 11.8 Å². The number of allylic oxidation sites excluding steroid dienone is 4. The molecule has 0 spiro atoms. The summed E-state index contributed by atoms with van der Waals surface area (Å²) in [5.74, 6) is -4.17. The second-order valence-electron chi connectivity index (χ2n) is 13.2. The molecule has 8 heteroatoms. The SMILES string of the molecule is COc1ccc(C2C3=CCC4C(=O)N(c5ccc(Br)cc5)C(=O)C4C3CC3C(=O)C(c4ccccc4)=CC(=O)C32c2ccccc2)cc1O. The number of Topliss-reactive ketones (excluding diaryl/α,β-unsaturated/α-hetero) is 1. The molecular formula is C41H32BrNO6. The van der Waals surface area contributed by atoms with Crippen molar-refractivity contribution in [3.63, 3.8) is 0 Å². The summed E-state index contributed by atoms with van der Waals surface area (Å²) in [6, 6.07) is 30.7. The largest absolute Gasteiger partial charge is 0.504 e. The maximum Gasteiger partial charge on any atom is 0.238 e. The van der Waals surface area contributed by atoms with Crippen molar-refractivity contribution in [1.29, 1.82) is 0 Å². The Labute approximate surface area is 292 Å². The maximum atomic E-state index is 15.1. The van der Waals surface area contributed by atoms with Crippen LogP contribution < -0.4 is 9.64 Å². The van der Waals surface area contributed by atoms with E-state index in [1.165, 1.54) is 18.1 Å². The molecule has 6 atom stereocenters. The molecule has 2 fully saturated rings. The molecule has 1 saturated carbocycles. The van der Waals surface area contributed by atoms with Crippen LogP contribution in [0, 0.1) is 23.7 Å². The molecule has 0 aromatic heterocycles. The van der Waals surface area contributed by atoms with Crippen LogP contribution in [-0.2, 0) is 24.6 Å². The number of hydrogen-bond acceptors (Lipinski definition) is 6. The number of phenols is 1. The number of ketones is 2. The van der Waals surface area contributed by atoms with Gasteiger partial charge in [-0.25, -0.2) is 0 Å². The number of benzene rings is 4. The Morgan fingerprint density at radius 3 is 2.20 bits per heavy atom. The van der Waals surface area contributed by atoms with E-state index in [4.69, 9.17) is 4.74 Å². The zero-order valence-electron chi connectivity index (χ0n) is 26.6. The number of aromatic hydroxyl groups is 1. The quantitative estimate of drug-likeness (QED) is 0.174. The summed E-state index contributed by atoms with van der Waals surface area (Å²) in [6.07, 6.45) is 4.03. The lowest BCUT2D eigenvalue weighted by Crippen LogP contribution is -2.58. The fourth-order valence-corrected chi connectivity index (χ4v) is 9.24. The van der Waals surface area contributed by atoms with Gasteiger partial charge in [0, 0.05) is 21.9 Å². The molecule has 2 amide bonds. The molecule has 1 aliphatic heterocycles. The van der Waals surface area contributed by atoms with Gasteiger partial charge >= 0.3 is 0 Å². The number of amides is 2. The summed E-state index contributed by atoms with van der Waals surface area (Å²) in [4.78, 5) is 59.8. The van der Waals surface area contributed by atoms with Crippen molar-refractivity contribution in [3.05, 3.63) is 142 Å². The van der Waals surface area contributed by atoms with Gasteiger partial charge in [0.1, 0.15) is 0 Å². The van der Waals surface area contributed by atoms with Crippen LogP contribution in [0.3, 0.4) is 0 Å². The van der Waals surface area contributed by atoms with Gasteiger partial charge in [-0.1, -0.05) is 94.3 Å². The van der Waals surface area contributed by atoms with Crippen molar-refractivity contribution < 1.29 is 29.0 Å². The first-order valence-corrected chi connectivity index (χ1v) is 17.2. The standard InChI is InChI=1S/C41H32BrNO6/c1-49-34-19-12-24(20-33(34)44)37-28-17-18-29-36(40(48)43(39(29)47)27-15-13-26(42)14-16-27)31(28)21-32-38(46)30(23-8-4-2-5-9-23)22-35(45)41(32,37)25-10-6-3-7-11-25/h2-17,19-20,22,29,31-32,36-37,44H,18,21H2,1H3. The van der Waals surface area contributed by atoms with Gasteiger partial charge in [0.05, 0.1) is 30.0 Å². The number of rotatable bonds is 5. The molecule has 1 N–H and O–H groups in total. The second-order valence-corrected chi connectivity index (χ2v) is 14.1. The van der Waals surface area contributed by atoms with Gasteiger partial charge in [-0.2, -0.15) is 0 Å². The van der Waals surface area contributed by atoms with E-state index < -0.39 is 35.0 Å². The number of ether oxygens (including phenoxy) is 1. The van der Waals surface area contributed by atoms with E-state index in [1.54, 1.807) is 36.4 Å². The second kappa shape index (κ2) is 11.8. The van der Waals surface area contributed by atoms with E-state index in [2.05, 4.69) is 15.9 Å². The molecule has 0 radical (unpaired) electrons. The van der Waals surface area contributed by atoms with E-state index in [-0.39, 0.29) is 41.3 Å². The topological polar surface area (TPSA) is 101 Å². The normalized spacial score (nSPS) is 27.6. The first kappa shape index (κ1) is 31.2. The summed E-state index contributed by atoms with van der Waals surface area (Å²) < 4.78 is 6.20. The number of phenolic OH excluding ortho intramolecular Hbond substituents is 1. The van der Waals surface area contributed by atoms with Crippen LogP contribution in [0.25, 0.3) is 5.57 Å². The van der Waals surface area contributed by atoms with E-state index in [9.17, 15) is 19.5 Å². The first-order chi connectivity index (χ1) is 23.7. The average molecular weight is 715 g/mol. The van der Waals surface area contributed by atoms with Gasteiger partial charge in [-0.3, -0.25) is 24.1 Å². The Morgan fingerprint density at radius 1 is 0.837 bits per heavy atom. The van der Waals surface area contributed by atoms with Crippen LogP contribution in [0.5, 0.6) is 11.5 Å². The minimum atomic E-state index is -1.37. The Kier molecular flexibility index (Phi) is 7.52. The molecule has 4 aromatic rings. The predicted octanol–water partition coefficient (Wildman–Crippen LogP) is 7.19. The summed E-state index contributed by atoms with van der Waals surface area (Å²) in [6.45, 7) is 0. The number of hydrogen-bond donors (Lipinski definition) is 1. The lowest BCUT2D eigenvalue weighted by molar-refractivity contribution is -0.135. The highest BCUT2D eigenvalue weighted by atomic mass is 79.9. The van der Waals surface area contributed by atoms with Gasteiger partial charge < -0.3 is 9.84 Å². The summed E-state index contributed by atoms with van der Waals surface area (Å²) in [7, 11) is 1.47. The van der Waals surface area contributed by atoms with Crippen molar-refractivity contribution >= 4 is 50.6 Å². The van der Waals surface area contributed by atoms with Gasteiger partial charge in [0.25, 0.3) is 0 Å². The zero-order valence-corrected chi connectivity index (χ0v) is 28.2. The Morgan fingerprint density at radius 2 is 1.53 bits per heavy atom. The molecular weight excluding hydrogens is 682 g/mol. The lowest BCUT2D eigenvalue weighted by Gasteiger charge is -2.55. The van der Waals surface area contributed by atoms with Gasteiger partial charge in [-0.15, -0.1) is 0 Å². The van der Waals surface area contributed by atoms with Crippen LogP contribution in [0.4, 0.5) is 5.69 Å². The minimum absolute atomic E-state index is 0.0974. The van der Waals surface area contributed by atoms with Crippen molar-refractivity contribution in [1.82, 2.24) is 0 Å². The lowest BCUT2D eigenvalue weighted by atomic mass is 9.44. The fraction of sp³-hybridized carbons (Fsp3) is 0.220. The molecule has 1 saturated heterocycles. The Balaban J connectivity index is 1.36. The fourth-order valence-electron chi connectivity index (χ4n) is 8.98. The average Bonchev–Trinajstić information content (AvgIpc) is 3.38. The minimum Gasteiger partial charge on any atom is -0.504 e. The third kappa shape index (κ3) is 4.61. The van der Waals surface area contributed by atoms with Crippen molar-refractivity contribution in [2.75, 3.05) is 12.0 Å². The number of nitrogens with zero attached hydrogens (tertiary/aromatic N) is 1. The predicted molar refractivity (Wildman–Crippen MR) is 188 cm³/mol. The van der Waals surface area contributed by atoms with Crippen molar-refractivity contribution in [3.8, 4) is 11.5 Å². The molecule has 7 nitrogen and oxygen atoms in total. The molecule has 3 aliphatic carbocycles. The molecule has 1 heterocycles. The first-order valence-electron chi connectivity index (χ1n) is 16.4. The molecule has 8 rings (SSSR count). The summed E-state index contributed by atoms with van der Waals surface area (Å²) in [5.41, 5.74) is 2.26. The third-order valence-corrected chi connectivity index (χ3v) is 11.5. The molecule has 4 aliphatic rings. The van der Waals surface area contributed by atoms with Crippen LogP contribution >= 0.6 is 15.9 Å². The summed E-state index contributed by atoms with van der Waals surface area (Å²) in [5, 5.41) is 11.1. The highest BCUT2D eigenvalue weighted by Crippen LogP contribution is 2.64. The maximum absolute atomic E-state index is 15.1. The van der Waals surface area contributed by atoms with Crippen LogP contribution in [-0.4, -0.2) is 35.6 Å². The number of imide groups is 1. The number of anilines is 1. The number of halogens is 1. The molecule has 6 unspecified atom stereocenters. The van der Waals surface area contributed by atoms with Crippen LogP contribution in [0.15, 0.2) is 125 Å². The molecule has 244 valence electrons. The third-order valence-electron chi connectivity index (χ3n) is 11.0. The van der Waals surface area contributed by atoms with Crippen molar-refractivity contribution in [2.45, 2.75) is 24.2 Å². The zero-order chi connectivity index (χ0) is 34.0. The highest BCUT2D eigenvalue weighted by Gasteiger charge is 2.66. The summed E-state index contributed by atoms with van der Waals surface area (Å²) >= 11 is 3.44. The van der Waals surface area contributed by atoms with E-state index in [0.717, 1.165) is 10.0 Å². The monoisotopic (exact) mass is 713 g/mol. The Hall–Kier alpha value is -5.08. The van der Waals surface area contributed by atoms with Crippen molar-refractivity contribution in [2.24, 2.45) is 23.7 Å². The van der Waals surface area contributed by atoms with Gasteiger partial charge in [-0.05, 0) is 77.9 Å². The number of carbonyl (C=O) groups excluding carboxylic acids is 4. The number of carbonyl (C=O) groups is 4. The molecule has 0 bridgehead atoms. The smallest absolute Gasteiger partial charge is 0.238 e.